The average Bonchev–Trinajstić information content (AvgIpc) is 2.82. The summed E-state index contributed by atoms with van der Waals surface area (Å²) < 4.78 is 5.04. The number of hydrogen-bond acceptors (Lipinski definition) is 1. The number of hydrogen-bond donors (Lipinski definition) is 0. The third kappa shape index (κ3) is 18.3. The van der Waals surface area contributed by atoms with Gasteiger partial charge in [0, 0.05) is 19.3 Å². The number of ketones is 2. The van der Waals surface area contributed by atoms with E-state index >= 15 is 0 Å². The van der Waals surface area contributed by atoms with Crippen LogP contribution in [0.25, 0.3) is 0 Å². The number of rotatable bonds is 9. The molecule has 2 aromatic carbocycles. The Morgan fingerprint density at radius 2 is 1.25 bits per heavy atom. The van der Waals surface area contributed by atoms with E-state index in [2.05, 4.69) is 13.8 Å². The van der Waals surface area contributed by atoms with Gasteiger partial charge in [-0.1, -0.05) is 44.2 Å². The van der Waals surface area contributed by atoms with E-state index in [1.165, 1.54) is 6.42 Å². The van der Waals surface area contributed by atoms with Crippen LogP contribution in [-0.2, 0) is 17.6 Å². The fourth-order valence-electron chi connectivity index (χ4n) is 2.02. The van der Waals surface area contributed by atoms with Gasteiger partial charge >= 0.3 is 36.0 Å². The maximum atomic E-state index is 9.96. The molecule has 5 nitrogen and oxygen atoms in total. The Balaban J connectivity index is 0. The summed E-state index contributed by atoms with van der Waals surface area (Å²) in [6.07, 6.45) is 5.75. The van der Waals surface area contributed by atoms with Gasteiger partial charge in [0.1, 0.15) is 19.0 Å². The normalized spacial score (nSPS) is 8.84. The molecule has 8 heteroatoms. The van der Waals surface area contributed by atoms with E-state index in [0.29, 0.717) is 30.1 Å². The molecule has 2 rings (SSSR count). The third-order valence-corrected chi connectivity index (χ3v) is 3.79. The SMILES string of the molecule is CCCC[OH2+].CCCC[OH2+].COc1ccc(C(=[OH+])[CH-]C(=[OH+])c2ccccc2)cc1.[Cl][Ta][Cl]. The Kier molecular flexibility index (Phi) is 25.0. The van der Waals surface area contributed by atoms with E-state index in [-0.39, 0.29) is 11.6 Å². The number of unbranched alkanes of at least 4 members (excludes halogenated alkanes) is 2. The molecule has 32 heavy (non-hydrogen) atoms. The zero-order valence-electron chi connectivity index (χ0n) is 19.0. The third-order valence-electron chi connectivity index (χ3n) is 3.79. The molecule has 0 unspecified atom stereocenters. The molecule has 0 aliphatic rings. The standard InChI is InChI=1S/C16H13O3.2C4H10O.2ClH.Ta/c1-19-14-9-7-13(8-10-14)16(18)11-15(17)12-5-3-2-4-6-12;2*1-2-3-4-5;;;/h2-11H,1H3;2*5H,2-4H2,1H3;2*1H;/q-1;;;;;+2/p+2. The van der Waals surface area contributed by atoms with Gasteiger partial charge in [-0.3, -0.25) is 0 Å². The van der Waals surface area contributed by atoms with Crippen molar-refractivity contribution in [2.75, 3.05) is 20.3 Å². The van der Waals surface area contributed by atoms with Crippen molar-refractivity contribution < 1.29 is 42.1 Å². The van der Waals surface area contributed by atoms with Gasteiger partial charge in [0.05, 0.1) is 7.11 Å². The minimum absolute atomic E-state index is 0.00371. The van der Waals surface area contributed by atoms with Gasteiger partial charge in [0.2, 0.25) is 0 Å². The summed E-state index contributed by atoms with van der Waals surface area (Å²) in [5.41, 5.74) is 1.27. The fourth-order valence-corrected chi connectivity index (χ4v) is 2.02. The number of methoxy groups -OCH3 is 1. The maximum absolute atomic E-state index is 9.96. The molecule has 0 aliphatic heterocycles. The van der Waals surface area contributed by atoms with Crippen molar-refractivity contribution in [1.82, 2.24) is 0 Å². The predicted octanol–water partition coefficient (Wildman–Crippen LogP) is 4.78. The van der Waals surface area contributed by atoms with Gasteiger partial charge in [0.15, 0.2) is 0 Å². The first-order valence-corrected chi connectivity index (χ1v) is 18.3. The zero-order valence-corrected chi connectivity index (χ0v) is 23.7. The molecule has 0 aliphatic carbocycles. The van der Waals surface area contributed by atoms with Crippen LogP contribution in [0.3, 0.4) is 0 Å². The first-order valence-electron chi connectivity index (χ1n) is 10.3. The van der Waals surface area contributed by atoms with E-state index in [0.717, 1.165) is 25.7 Å². The molecule has 0 saturated carbocycles. The summed E-state index contributed by atoms with van der Waals surface area (Å²) in [6, 6.07) is 16.0. The van der Waals surface area contributed by atoms with E-state index in [4.69, 9.17) is 33.3 Å². The van der Waals surface area contributed by atoms with Crippen molar-refractivity contribution in [3.05, 3.63) is 72.1 Å². The van der Waals surface area contributed by atoms with Crippen molar-refractivity contribution in [2.45, 2.75) is 39.5 Å². The number of carbonyl (C=O) groups excluding carboxylic acids is 2. The Hall–Kier alpha value is -1.31. The molecule has 6 N–H and O–H groups in total. The second-order valence-corrected chi connectivity index (χ2v) is 10.9. The van der Waals surface area contributed by atoms with Crippen LogP contribution in [-0.4, -0.2) is 51.7 Å². The van der Waals surface area contributed by atoms with Crippen LogP contribution in [0, 0.1) is 6.42 Å². The monoisotopic (exact) mass is 656 g/mol. The van der Waals surface area contributed by atoms with Crippen LogP contribution in [0.5, 0.6) is 5.75 Å². The van der Waals surface area contributed by atoms with Crippen molar-refractivity contribution in [3.63, 3.8) is 0 Å². The summed E-state index contributed by atoms with van der Waals surface area (Å²) >= 11 is -0.889. The second kappa shape index (κ2) is 24.3. The van der Waals surface area contributed by atoms with Gasteiger partial charge in [-0.25, -0.2) is 0 Å². The molecule has 179 valence electrons. The summed E-state index contributed by atoms with van der Waals surface area (Å²) in [5, 5.41) is 13.2. The Morgan fingerprint density at radius 1 is 0.844 bits per heavy atom. The van der Waals surface area contributed by atoms with Gasteiger partial charge in [-0.05, 0) is 36.1 Å². The van der Waals surface area contributed by atoms with Gasteiger partial charge in [0.25, 0.3) is 11.6 Å². The number of halogens is 2. The van der Waals surface area contributed by atoms with E-state index in [1.807, 2.05) is 18.2 Å². The first-order chi connectivity index (χ1) is 15.4. The van der Waals surface area contributed by atoms with Crippen LogP contribution in [0.1, 0.15) is 50.7 Å². The molecule has 0 amide bonds. The Labute approximate surface area is 209 Å². The van der Waals surface area contributed by atoms with Crippen LogP contribution in [0.2, 0.25) is 0 Å². The summed E-state index contributed by atoms with van der Waals surface area (Å²) in [7, 11) is 11.5. The van der Waals surface area contributed by atoms with E-state index in [9.17, 15) is 9.59 Å². The molecule has 0 bridgehead atoms. The van der Waals surface area contributed by atoms with Crippen molar-refractivity contribution in [2.24, 2.45) is 0 Å². The van der Waals surface area contributed by atoms with Crippen LogP contribution >= 0.6 is 18.4 Å². The van der Waals surface area contributed by atoms with Crippen LogP contribution in [0.15, 0.2) is 54.6 Å². The second-order valence-electron chi connectivity index (χ2n) is 6.28. The van der Waals surface area contributed by atoms with Gasteiger partial charge in [-0.15, -0.1) is 12.1 Å². The molecular formula is C24H37Cl2O5Ta+3. The summed E-state index contributed by atoms with van der Waals surface area (Å²) in [5.74, 6) is 0.741. The molecule has 0 atom stereocenters. The van der Waals surface area contributed by atoms with E-state index < -0.39 is 17.6 Å². The molecule has 0 radical (unpaired) electrons. The molecule has 0 aromatic heterocycles. The number of benzene rings is 2. The molecule has 0 saturated heterocycles. The predicted molar refractivity (Wildman–Crippen MR) is 134 cm³/mol. The topological polar surface area (TPSA) is 97.8 Å². The minimum atomic E-state index is -0.889. The Bertz CT molecular complexity index is 687. The van der Waals surface area contributed by atoms with Crippen molar-refractivity contribution >= 4 is 29.9 Å². The Morgan fingerprint density at radius 3 is 1.56 bits per heavy atom. The average molecular weight is 657 g/mol. The molecular weight excluding hydrogens is 620 g/mol. The number of ether oxygens (including phenoxy) is 1. The molecule has 0 heterocycles. The van der Waals surface area contributed by atoms with E-state index in [1.54, 1.807) is 43.5 Å². The van der Waals surface area contributed by atoms with Crippen molar-refractivity contribution in [1.29, 1.82) is 0 Å². The molecule has 0 fully saturated rings. The summed E-state index contributed by atoms with van der Waals surface area (Å²) in [4.78, 5) is 19.9. The molecule has 0 spiro atoms. The fraction of sp³-hybridized carbons (Fsp3) is 0.375. The van der Waals surface area contributed by atoms with Crippen LogP contribution in [0.4, 0.5) is 0 Å². The summed E-state index contributed by atoms with van der Waals surface area (Å²) in [6.45, 7) is 5.37. The first kappa shape index (κ1) is 32.9. The molecule has 2 aromatic rings. The zero-order chi connectivity index (χ0) is 24.6. The van der Waals surface area contributed by atoms with Gasteiger partial charge in [-0.2, -0.15) is 0 Å². The quantitative estimate of drug-likeness (QED) is 0.165. The van der Waals surface area contributed by atoms with Gasteiger partial charge < -0.3 is 24.5 Å². The van der Waals surface area contributed by atoms with Crippen molar-refractivity contribution in [3.8, 4) is 5.75 Å². The van der Waals surface area contributed by atoms with Crippen LogP contribution < -0.4 is 4.74 Å².